The van der Waals surface area contributed by atoms with E-state index in [2.05, 4.69) is 27.4 Å². The van der Waals surface area contributed by atoms with Gasteiger partial charge in [-0.1, -0.05) is 18.2 Å². The lowest BCUT2D eigenvalue weighted by atomic mass is 10.2. The van der Waals surface area contributed by atoms with Crippen molar-refractivity contribution >= 4 is 28.1 Å². The van der Waals surface area contributed by atoms with Gasteiger partial charge >= 0.3 is 0 Å². The van der Waals surface area contributed by atoms with Gasteiger partial charge in [0.15, 0.2) is 0 Å². The number of carbonyl (C=O) groups excluding carboxylic acids is 1. The van der Waals surface area contributed by atoms with Gasteiger partial charge in [-0.05, 0) is 43.0 Å². The molecule has 134 valence electrons. The number of thiophene rings is 1. The van der Waals surface area contributed by atoms with Gasteiger partial charge < -0.3 is 5.73 Å². The molecule has 2 aromatic heterocycles. The summed E-state index contributed by atoms with van der Waals surface area (Å²) in [4.78, 5) is 32.7. The minimum absolute atomic E-state index is 0.149. The third-order valence-electron chi connectivity index (χ3n) is 4.83. The molecule has 26 heavy (non-hydrogen) atoms. The summed E-state index contributed by atoms with van der Waals surface area (Å²) in [6.45, 7) is 1.32. The molecule has 1 aliphatic heterocycles. The molecule has 0 saturated carbocycles. The lowest BCUT2D eigenvalue weighted by Gasteiger charge is -2.24. The molecule has 0 radical (unpaired) electrons. The van der Waals surface area contributed by atoms with Crippen molar-refractivity contribution in [2.75, 3.05) is 6.54 Å². The van der Waals surface area contributed by atoms with Crippen molar-refractivity contribution in [1.29, 1.82) is 0 Å². The van der Waals surface area contributed by atoms with E-state index in [1.807, 2.05) is 12.1 Å². The van der Waals surface area contributed by atoms with Crippen LogP contribution < -0.4 is 11.3 Å². The van der Waals surface area contributed by atoms with E-state index in [4.69, 9.17) is 5.73 Å². The fourth-order valence-corrected chi connectivity index (χ4v) is 4.55. The van der Waals surface area contributed by atoms with Crippen LogP contribution in [0.2, 0.25) is 0 Å². The van der Waals surface area contributed by atoms with Crippen molar-refractivity contribution in [3.05, 3.63) is 62.8 Å². The quantitative estimate of drug-likeness (QED) is 0.749. The normalized spacial score (nSPS) is 17.8. The van der Waals surface area contributed by atoms with Crippen LogP contribution in [0.5, 0.6) is 0 Å². The van der Waals surface area contributed by atoms with Crippen molar-refractivity contribution in [3.8, 4) is 0 Å². The highest BCUT2D eigenvalue weighted by Crippen LogP contribution is 2.35. The number of rotatable bonds is 5. The molecule has 1 aromatic carbocycles. The third kappa shape index (κ3) is 3.15. The lowest BCUT2D eigenvalue weighted by molar-refractivity contribution is -0.118. The second kappa shape index (κ2) is 7.01. The van der Waals surface area contributed by atoms with Crippen LogP contribution in [0.1, 0.15) is 29.6 Å². The first-order valence-electron chi connectivity index (χ1n) is 8.67. The number of primary amides is 1. The molecule has 1 fully saturated rings. The Balaban J connectivity index is 1.75. The first-order valence-corrected chi connectivity index (χ1v) is 9.55. The monoisotopic (exact) mass is 368 g/mol. The summed E-state index contributed by atoms with van der Waals surface area (Å²) < 4.78 is 1.43. The van der Waals surface area contributed by atoms with E-state index in [9.17, 15) is 9.59 Å². The summed E-state index contributed by atoms with van der Waals surface area (Å²) in [5, 5.41) is 2.59. The first-order chi connectivity index (χ1) is 12.6. The molecule has 1 amide bonds. The van der Waals surface area contributed by atoms with Crippen LogP contribution >= 0.6 is 11.3 Å². The Kier molecular flexibility index (Phi) is 4.57. The van der Waals surface area contributed by atoms with Crippen molar-refractivity contribution in [2.24, 2.45) is 5.73 Å². The average molecular weight is 368 g/mol. The van der Waals surface area contributed by atoms with Crippen molar-refractivity contribution < 1.29 is 4.79 Å². The van der Waals surface area contributed by atoms with Crippen LogP contribution in [0.3, 0.4) is 0 Å². The zero-order valence-electron chi connectivity index (χ0n) is 14.3. The Morgan fingerprint density at radius 2 is 2.12 bits per heavy atom. The standard InChI is InChI=1S/C19H20N4O2S/c20-17(24)11-23-18(21-14-6-2-1-5-13(14)19(23)25)12-22-9-3-7-15(22)16-8-4-10-26-16/h1-2,4-6,8,10,15H,3,7,9,11-12H2,(H2,20,24). The number of nitrogens with zero attached hydrogens (tertiary/aromatic N) is 3. The Labute approximate surface area is 154 Å². The number of hydrogen-bond donors (Lipinski definition) is 1. The van der Waals surface area contributed by atoms with Crippen LogP contribution in [0.25, 0.3) is 10.9 Å². The molecule has 6 nitrogen and oxygen atoms in total. The van der Waals surface area contributed by atoms with Gasteiger partial charge in [0.25, 0.3) is 5.56 Å². The second-order valence-corrected chi connectivity index (χ2v) is 7.53. The maximum absolute atomic E-state index is 12.9. The molecule has 7 heteroatoms. The number of aromatic nitrogens is 2. The molecule has 1 unspecified atom stereocenters. The molecule has 3 heterocycles. The van der Waals surface area contributed by atoms with Gasteiger partial charge in [-0.3, -0.25) is 19.1 Å². The van der Waals surface area contributed by atoms with Crippen LogP contribution in [0.15, 0.2) is 46.6 Å². The third-order valence-corrected chi connectivity index (χ3v) is 5.81. The number of amides is 1. The summed E-state index contributed by atoms with van der Waals surface area (Å²) in [5.74, 6) is 0.0533. The molecule has 2 N–H and O–H groups in total. The minimum atomic E-state index is -0.540. The van der Waals surface area contributed by atoms with Gasteiger partial charge in [0.1, 0.15) is 12.4 Å². The van der Waals surface area contributed by atoms with Crippen LogP contribution in [-0.4, -0.2) is 26.9 Å². The molecule has 3 aromatic rings. The van der Waals surface area contributed by atoms with E-state index in [0.717, 1.165) is 19.4 Å². The van der Waals surface area contributed by atoms with Crippen LogP contribution in [-0.2, 0) is 17.9 Å². The Bertz CT molecular complexity index is 996. The van der Waals surface area contributed by atoms with Gasteiger partial charge in [0, 0.05) is 10.9 Å². The summed E-state index contributed by atoms with van der Waals surface area (Å²) in [5.41, 5.74) is 5.82. The van der Waals surface area contributed by atoms with Gasteiger partial charge in [0.2, 0.25) is 5.91 Å². The van der Waals surface area contributed by atoms with E-state index in [1.165, 1.54) is 9.44 Å². The highest BCUT2D eigenvalue weighted by Gasteiger charge is 2.28. The van der Waals surface area contributed by atoms with E-state index in [1.54, 1.807) is 23.5 Å². The molecule has 4 rings (SSSR count). The van der Waals surface area contributed by atoms with E-state index < -0.39 is 5.91 Å². The second-order valence-electron chi connectivity index (χ2n) is 6.55. The van der Waals surface area contributed by atoms with E-state index >= 15 is 0 Å². The Hall–Kier alpha value is -2.51. The predicted molar refractivity (Wildman–Crippen MR) is 102 cm³/mol. The number of carbonyl (C=O) groups is 1. The smallest absolute Gasteiger partial charge is 0.261 e. The fraction of sp³-hybridized carbons (Fsp3) is 0.316. The maximum atomic E-state index is 12.9. The summed E-state index contributed by atoms with van der Waals surface area (Å²) in [6, 6.07) is 11.8. The van der Waals surface area contributed by atoms with Crippen LogP contribution in [0.4, 0.5) is 0 Å². The lowest BCUT2D eigenvalue weighted by Crippen LogP contribution is -2.34. The largest absolute Gasteiger partial charge is 0.368 e. The maximum Gasteiger partial charge on any atom is 0.261 e. The summed E-state index contributed by atoms with van der Waals surface area (Å²) in [6.07, 6.45) is 2.20. The molecule has 0 spiro atoms. The van der Waals surface area contributed by atoms with Crippen molar-refractivity contribution in [2.45, 2.75) is 32.0 Å². The van der Waals surface area contributed by atoms with E-state index in [0.29, 0.717) is 29.3 Å². The number of hydrogen-bond acceptors (Lipinski definition) is 5. The van der Waals surface area contributed by atoms with Crippen molar-refractivity contribution in [1.82, 2.24) is 14.5 Å². The van der Waals surface area contributed by atoms with Gasteiger partial charge in [-0.25, -0.2) is 4.98 Å². The average Bonchev–Trinajstić information content (AvgIpc) is 3.29. The van der Waals surface area contributed by atoms with Gasteiger partial charge in [-0.2, -0.15) is 0 Å². The molecule has 1 saturated heterocycles. The summed E-state index contributed by atoms with van der Waals surface area (Å²) in [7, 11) is 0. The number of para-hydroxylation sites is 1. The molecular formula is C19H20N4O2S. The molecule has 0 aliphatic carbocycles. The molecule has 1 atom stereocenters. The topological polar surface area (TPSA) is 81.2 Å². The SMILES string of the molecule is NC(=O)Cn1c(CN2CCCC2c2cccs2)nc2ccccc2c1=O. The number of nitrogens with two attached hydrogens (primary N) is 1. The fourth-order valence-electron chi connectivity index (χ4n) is 3.65. The zero-order chi connectivity index (χ0) is 18.1. The van der Waals surface area contributed by atoms with Gasteiger partial charge in [0.05, 0.1) is 17.4 Å². The highest BCUT2D eigenvalue weighted by molar-refractivity contribution is 7.10. The van der Waals surface area contributed by atoms with Crippen LogP contribution in [0, 0.1) is 0 Å². The molecule has 0 bridgehead atoms. The van der Waals surface area contributed by atoms with Crippen molar-refractivity contribution in [3.63, 3.8) is 0 Å². The summed E-state index contributed by atoms with van der Waals surface area (Å²) >= 11 is 1.75. The molecular weight excluding hydrogens is 348 g/mol. The first kappa shape index (κ1) is 16.9. The number of benzene rings is 1. The predicted octanol–water partition coefficient (Wildman–Crippen LogP) is 2.28. The zero-order valence-corrected chi connectivity index (χ0v) is 15.1. The minimum Gasteiger partial charge on any atom is -0.368 e. The number of likely N-dealkylation sites (tertiary alicyclic amines) is 1. The number of fused-ring (bicyclic) bond motifs is 1. The van der Waals surface area contributed by atoms with E-state index in [-0.39, 0.29) is 12.1 Å². The van der Waals surface area contributed by atoms with Gasteiger partial charge in [-0.15, -0.1) is 11.3 Å². The molecule has 1 aliphatic rings. The highest BCUT2D eigenvalue weighted by atomic mass is 32.1. The Morgan fingerprint density at radius 1 is 1.27 bits per heavy atom. The Morgan fingerprint density at radius 3 is 2.88 bits per heavy atom.